The van der Waals surface area contributed by atoms with Crippen LogP contribution in [-0.4, -0.2) is 57.0 Å². The number of morpholine rings is 1. The summed E-state index contributed by atoms with van der Waals surface area (Å²) in [6, 6.07) is 4.69. The number of carbonyl (C=O) groups is 1. The van der Waals surface area contributed by atoms with Gasteiger partial charge in [0.2, 0.25) is 15.9 Å². The highest BCUT2D eigenvalue weighted by Gasteiger charge is 2.31. The maximum Gasteiger partial charge on any atom is 0.267 e. The summed E-state index contributed by atoms with van der Waals surface area (Å²) in [5.74, 6) is -0.0708. The van der Waals surface area contributed by atoms with Gasteiger partial charge in [-0.15, -0.1) is 11.3 Å². The van der Waals surface area contributed by atoms with E-state index in [-0.39, 0.29) is 22.9 Å². The quantitative estimate of drug-likeness (QED) is 0.839. The molecule has 134 valence electrons. The van der Waals surface area contributed by atoms with Gasteiger partial charge in [-0.2, -0.15) is 4.31 Å². The molecular weight excluding hydrogens is 366 g/mol. The molecule has 0 unspecified atom stereocenters. The third-order valence-corrected chi connectivity index (χ3v) is 6.61. The Balaban J connectivity index is 1.81. The van der Waals surface area contributed by atoms with Gasteiger partial charge in [0.25, 0.3) is 5.91 Å². The molecule has 3 heterocycles. The molecule has 2 aromatic heterocycles. The van der Waals surface area contributed by atoms with Gasteiger partial charge in [-0.1, -0.05) is 0 Å². The van der Waals surface area contributed by atoms with E-state index in [0.29, 0.717) is 24.8 Å². The maximum absolute atomic E-state index is 12.8. The lowest BCUT2D eigenvalue weighted by Crippen LogP contribution is -2.41. The van der Waals surface area contributed by atoms with Crippen molar-refractivity contribution in [2.24, 2.45) is 0 Å². The molecule has 1 amide bonds. The molecule has 8 nitrogen and oxygen atoms in total. The summed E-state index contributed by atoms with van der Waals surface area (Å²) in [5, 5.41) is 4.25. The van der Waals surface area contributed by atoms with Crippen molar-refractivity contribution in [2.75, 3.05) is 38.7 Å². The van der Waals surface area contributed by atoms with Crippen molar-refractivity contribution in [3.63, 3.8) is 0 Å². The van der Waals surface area contributed by atoms with E-state index < -0.39 is 15.9 Å². The smallest absolute Gasteiger partial charge is 0.267 e. The minimum Gasteiger partial charge on any atom is -0.481 e. The number of nitrogens with one attached hydrogen (secondary N) is 1. The van der Waals surface area contributed by atoms with Crippen molar-refractivity contribution in [1.29, 1.82) is 0 Å². The van der Waals surface area contributed by atoms with Crippen LogP contribution in [0.5, 0.6) is 5.88 Å². The molecule has 0 atom stereocenters. The number of sulfonamides is 1. The highest BCUT2D eigenvalue weighted by atomic mass is 32.2. The second-order valence-corrected chi connectivity index (χ2v) is 8.00. The first-order chi connectivity index (χ1) is 12.0. The van der Waals surface area contributed by atoms with Crippen LogP contribution in [0.4, 0.5) is 5.69 Å². The molecular formula is C15H17N3O5S2. The van der Waals surface area contributed by atoms with Crippen molar-refractivity contribution in [1.82, 2.24) is 9.29 Å². The minimum absolute atomic E-state index is 0.0124. The number of nitrogens with zero attached hydrogens (tertiary/aromatic N) is 2. The monoisotopic (exact) mass is 383 g/mol. The van der Waals surface area contributed by atoms with Gasteiger partial charge >= 0.3 is 0 Å². The molecule has 0 saturated carbocycles. The third-order valence-electron chi connectivity index (χ3n) is 3.63. The summed E-state index contributed by atoms with van der Waals surface area (Å²) >= 11 is 1.08. The number of amides is 1. The van der Waals surface area contributed by atoms with Gasteiger partial charge in [0, 0.05) is 19.2 Å². The summed E-state index contributed by atoms with van der Waals surface area (Å²) in [6.45, 7) is 1.26. The molecule has 0 radical (unpaired) electrons. The number of hydrogen-bond acceptors (Lipinski definition) is 7. The largest absolute Gasteiger partial charge is 0.481 e. The molecule has 2 aromatic rings. The van der Waals surface area contributed by atoms with E-state index in [0.717, 1.165) is 11.3 Å². The van der Waals surface area contributed by atoms with E-state index in [1.165, 1.54) is 23.7 Å². The van der Waals surface area contributed by atoms with E-state index in [1.807, 2.05) is 0 Å². The highest BCUT2D eigenvalue weighted by molar-refractivity contribution is 7.89. The van der Waals surface area contributed by atoms with Crippen LogP contribution < -0.4 is 10.1 Å². The van der Waals surface area contributed by atoms with Crippen molar-refractivity contribution in [2.45, 2.75) is 4.90 Å². The Labute approximate surface area is 149 Å². The number of methoxy groups -OCH3 is 1. The van der Waals surface area contributed by atoms with Crippen LogP contribution in [0, 0.1) is 0 Å². The Morgan fingerprint density at radius 3 is 2.72 bits per heavy atom. The molecule has 0 aliphatic carbocycles. The topological polar surface area (TPSA) is 97.8 Å². The first kappa shape index (κ1) is 17.8. The Kier molecular flexibility index (Phi) is 5.33. The van der Waals surface area contributed by atoms with Gasteiger partial charge in [0.05, 0.1) is 32.2 Å². The molecule has 25 heavy (non-hydrogen) atoms. The Morgan fingerprint density at radius 2 is 2.08 bits per heavy atom. The SMILES string of the molecule is COc1ccc(NC(=O)c2sccc2S(=O)(=O)N2CCOCC2)cn1. The molecule has 1 aliphatic rings. The van der Waals surface area contributed by atoms with Crippen LogP contribution in [0.1, 0.15) is 9.67 Å². The lowest BCUT2D eigenvalue weighted by atomic mass is 10.4. The van der Waals surface area contributed by atoms with Gasteiger partial charge in [-0.3, -0.25) is 4.79 Å². The number of anilines is 1. The first-order valence-electron chi connectivity index (χ1n) is 7.49. The predicted molar refractivity (Wildman–Crippen MR) is 92.6 cm³/mol. The molecule has 1 N–H and O–H groups in total. The van der Waals surface area contributed by atoms with Crippen LogP contribution >= 0.6 is 11.3 Å². The predicted octanol–water partition coefficient (Wildman–Crippen LogP) is 1.42. The second kappa shape index (κ2) is 7.48. The summed E-state index contributed by atoms with van der Waals surface area (Å²) in [6.07, 6.45) is 1.44. The normalized spacial score (nSPS) is 15.7. The molecule has 1 aliphatic heterocycles. The fourth-order valence-corrected chi connectivity index (χ4v) is 5.06. The summed E-state index contributed by atoms with van der Waals surface area (Å²) in [7, 11) is -2.23. The molecule has 10 heteroatoms. The highest BCUT2D eigenvalue weighted by Crippen LogP contribution is 2.27. The number of pyridine rings is 1. The molecule has 0 bridgehead atoms. The molecule has 1 saturated heterocycles. The zero-order chi connectivity index (χ0) is 17.9. The van der Waals surface area contributed by atoms with E-state index in [1.54, 1.807) is 17.5 Å². The van der Waals surface area contributed by atoms with Gasteiger partial charge in [-0.05, 0) is 17.5 Å². The number of hydrogen-bond donors (Lipinski definition) is 1. The molecule has 3 rings (SSSR count). The summed E-state index contributed by atoms with van der Waals surface area (Å²) < 4.78 is 37.0. The van der Waals surface area contributed by atoms with Crippen LogP contribution in [0.25, 0.3) is 0 Å². The average molecular weight is 383 g/mol. The first-order valence-corrected chi connectivity index (χ1v) is 9.81. The average Bonchev–Trinajstić information content (AvgIpc) is 3.14. The van der Waals surface area contributed by atoms with Crippen molar-refractivity contribution < 1.29 is 22.7 Å². The summed E-state index contributed by atoms with van der Waals surface area (Å²) in [4.78, 5) is 16.7. The number of aromatic nitrogens is 1. The Bertz CT molecular complexity index is 842. The van der Waals surface area contributed by atoms with Crippen LogP contribution in [0.15, 0.2) is 34.7 Å². The third kappa shape index (κ3) is 3.82. The van der Waals surface area contributed by atoms with Crippen LogP contribution in [0.2, 0.25) is 0 Å². The zero-order valence-corrected chi connectivity index (χ0v) is 15.1. The summed E-state index contributed by atoms with van der Waals surface area (Å²) in [5.41, 5.74) is 0.453. The van der Waals surface area contributed by atoms with E-state index >= 15 is 0 Å². The van der Waals surface area contributed by atoms with Gasteiger partial charge in [0.15, 0.2) is 0 Å². The van der Waals surface area contributed by atoms with E-state index in [9.17, 15) is 13.2 Å². The lowest BCUT2D eigenvalue weighted by Gasteiger charge is -2.26. The standard InChI is InChI=1S/C15H17N3O5S2/c1-22-13-3-2-11(10-16-13)17-15(19)14-12(4-9-24-14)25(20,21)18-5-7-23-8-6-18/h2-4,9-10H,5-8H2,1H3,(H,17,19). The fraction of sp³-hybridized carbons (Fsp3) is 0.333. The number of ether oxygens (including phenoxy) is 2. The number of carbonyl (C=O) groups excluding carboxylic acids is 1. The van der Waals surface area contributed by atoms with Gasteiger partial charge < -0.3 is 14.8 Å². The van der Waals surface area contributed by atoms with Crippen LogP contribution in [-0.2, 0) is 14.8 Å². The number of rotatable bonds is 5. The molecule has 0 aromatic carbocycles. The minimum atomic E-state index is -3.73. The fourth-order valence-electron chi connectivity index (χ4n) is 2.36. The van der Waals surface area contributed by atoms with Crippen molar-refractivity contribution in [3.8, 4) is 5.88 Å². The lowest BCUT2D eigenvalue weighted by molar-refractivity contribution is 0.0730. The molecule has 1 fully saturated rings. The van der Waals surface area contributed by atoms with Crippen molar-refractivity contribution in [3.05, 3.63) is 34.7 Å². The molecule has 0 spiro atoms. The number of thiophene rings is 1. The maximum atomic E-state index is 12.8. The van der Waals surface area contributed by atoms with E-state index in [4.69, 9.17) is 9.47 Å². The van der Waals surface area contributed by atoms with Gasteiger partial charge in [-0.25, -0.2) is 13.4 Å². The van der Waals surface area contributed by atoms with Gasteiger partial charge in [0.1, 0.15) is 9.77 Å². The van der Waals surface area contributed by atoms with E-state index in [2.05, 4.69) is 10.3 Å². The Hall–Kier alpha value is -2.01. The van der Waals surface area contributed by atoms with Crippen LogP contribution in [0.3, 0.4) is 0 Å². The van der Waals surface area contributed by atoms with Crippen molar-refractivity contribution >= 4 is 33.0 Å². The zero-order valence-electron chi connectivity index (χ0n) is 13.5. The Morgan fingerprint density at radius 1 is 1.32 bits per heavy atom. The second-order valence-electron chi connectivity index (χ2n) is 5.17.